The Hall–Kier alpha value is -5.24. The van der Waals surface area contributed by atoms with Gasteiger partial charge in [0.2, 0.25) is 0 Å². The summed E-state index contributed by atoms with van der Waals surface area (Å²) in [6, 6.07) is 27.8. The van der Waals surface area contributed by atoms with E-state index < -0.39 is 5.54 Å². The molecule has 0 saturated carbocycles. The second-order valence-corrected chi connectivity index (χ2v) is 12.2. The highest BCUT2D eigenvalue weighted by atomic mass is 16.5. The first kappa shape index (κ1) is 33.6. The Morgan fingerprint density at radius 1 is 0.609 bits per heavy atom. The van der Waals surface area contributed by atoms with Gasteiger partial charge in [0, 0.05) is 33.5 Å². The van der Waals surface area contributed by atoms with Crippen molar-refractivity contribution in [1.82, 2.24) is 10.6 Å². The number of nitrogens with one attached hydrogen (secondary N) is 3. The van der Waals surface area contributed by atoms with E-state index in [0.717, 1.165) is 12.0 Å². The number of ether oxygens (including phenoxy) is 1. The molecule has 4 rings (SSSR count). The molecular weight excluding hydrogens is 578 g/mol. The van der Waals surface area contributed by atoms with Crippen LogP contribution in [0.5, 0.6) is 11.5 Å². The van der Waals surface area contributed by atoms with E-state index in [0.29, 0.717) is 45.9 Å². The molecule has 0 aliphatic rings. The highest BCUT2D eigenvalue weighted by Crippen LogP contribution is 2.29. The number of carbonyl (C=O) groups excluding carboxylic acids is 4. The van der Waals surface area contributed by atoms with Gasteiger partial charge in [-0.05, 0) is 113 Å². The van der Waals surface area contributed by atoms with Crippen LogP contribution in [0.1, 0.15) is 101 Å². The Morgan fingerprint density at radius 3 is 1.61 bits per heavy atom. The van der Waals surface area contributed by atoms with E-state index in [2.05, 4.69) is 16.0 Å². The second kappa shape index (κ2) is 14.2. The first-order valence-electron chi connectivity index (χ1n) is 15.4. The van der Waals surface area contributed by atoms with Crippen LogP contribution in [0.15, 0.2) is 97.1 Å². The summed E-state index contributed by atoms with van der Waals surface area (Å²) in [6.45, 7) is 11.3. The molecule has 0 aliphatic heterocycles. The van der Waals surface area contributed by atoms with Gasteiger partial charge in [-0.1, -0.05) is 44.2 Å². The van der Waals surface area contributed by atoms with Gasteiger partial charge < -0.3 is 20.7 Å². The van der Waals surface area contributed by atoms with Crippen molar-refractivity contribution in [3.05, 3.63) is 125 Å². The highest BCUT2D eigenvalue weighted by molar-refractivity contribution is 6.06. The van der Waals surface area contributed by atoms with Crippen molar-refractivity contribution in [3.63, 3.8) is 0 Å². The number of hydrogen-bond donors (Lipinski definition) is 3. The van der Waals surface area contributed by atoms with Gasteiger partial charge in [0.1, 0.15) is 11.5 Å². The van der Waals surface area contributed by atoms with Crippen molar-refractivity contribution in [2.45, 2.75) is 65.5 Å². The molecule has 0 heterocycles. The smallest absolute Gasteiger partial charge is 0.255 e. The maximum absolute atomic E-state index is 13.1. The SMILES string of the molecule is CCC(C)(C)NC(=O)c1cccc(C(=O)Nc2ccc(Oc3ccc(C(C)(CC)NC(=O)c4cccc(C(C)=O)c4)cc3)cc2)c1. The van der Waals surface area contributed by atoms with Gasteiger partial charge in [0.25, 0.3) is 17.7 Å². The quantitative estimate of drug-likeness (QED) is 0.140. The largest absolute Gasteiger partial charge is 0.457 e. The Morgan fingerprint density at radius 2 is 1.09 bits per heavy atom. The summed E-state index contributed by atoms with van der Waals surface area (Å²) in [7, 11) is 0. The summed E-state index contributed by atoms with van der Waals surface area (Å²) in [5.74, 6) is 0.292. The standard InChI is InChI=1S/C38H41N3O5/c1-7-37(4,5)40-35(44)29-14-10-12-27(24-29)34(43)39-31-17-21-33(22-18-31)46-32-19-15-30(16-20-32)38(6,8-2)41-36(45)28-13-9-11-26(23-28)25(3)42/h9-24H,7-8H2,1-6H3,(H,39,43)(H,40,44)(H,41,45). The van der Waals surface area contributed by atoms with E-state index in [1.807, 2.05) is 58.9 Å². The molecule has 3 N–H and O–H groups in total. The monoisotopic (exact) mass is 619 g/mol. The molecule has 0 fully saturated rings. The lowest BCUT2D eigenvalue weighted by atomic mass is 9.88. The van der Waals surface area contributed by atoms with Gasteiger partial charge in [-0.25, -0.2) is 0 Å². The summed E-state index contributed by atoms with van der Waals surface area (Å²) < 4.78 is 6.02. The fourth-order valence-corrected chi connectivity index (χ4v) is 4.67. The molecule has 8 nitrogen and oxygen atoms in total. The summed E-state index contributed by atoms with van der Waals surface area (Å²) >= 11 is 0. The van der Waals surface area contributed by atoms with Crippen LogP contribution >= 0.6 is 0 Å². The molecule has 4 aromatic rings. The maximum Gasteiger partial charge on any atom is 0.255 e. The van der Waals surface area contributed by atoms with E-state index in [9.17, 15) is 19.2 Å². The van der Waals surface area contributed by atoms with Gasteiger partial charge >= 0.3 is 0 Å². The third-order valence-electron chi connectivity index (χ3n) is 8.19. The molecule has 0 aliphatic carbocycles. The highest BCUT2D eigenvalue weighted by Gasteiger charge is 2.27. The van der Waals surface area contributed by atoms with Crippen LogP contribution in [0.2, 0.25) is 0 Å². The van der Waals surface area contributed by atoms with Gasteiger partial charge in [0.15, 0.2) is 5.78 Å². The zero-order valence-electron chi connectivity index (χ0n) is 27.2. The normalized spacial score (nSPS) is 12.4. The average molecular weight is 620 g/mol. The molecule has 238 valence electrons. The zero-order valence-corrected chi connectivity index (χ0v) is 27.2. The predicted molar refractivity (Wildman–Crippen MR) is 181 cm³/mol. The lowest BCUT2D eigenvalue weighted by Crippen LogP contribution is -2.43. The summed E-state index contributed by atoms with van der Waals surface area (Å²) in [6.07, 6.45) is 1.43. The third-order valence-corrected chi connectivity index (χ3v) is 8.19. The summed E-state index contributed by atoms with van der Waals surface area (Å²) in [5.41, 5.74) is 2.22. The molecule has 0 saturated heterocycles. The molecular formula is C38H41N3O5. The number of benzene rings is 4. The fraction of sp³-hybridized carbons (Fsp3) is 0.263. The second-order valence-electron chi connectivity index (χ2n) is 12.2. The molecule has 0 aromatic heterocycles. The van der Waals surface area contributed by atoms with Gasteiger partial charge in [-0.3, -0.25) is 19.2 Å². The van der Waals surface area contributed by atoms with Crippen molar-refractivity contribution in [2.24, 2.45) is 0 Å². The minimum absolute atomic E-state index is 0.0947. The van der Waals surface area contributed by atoms with E-state index in [4.69, 9.17) is 4.74 Å². The zero-order chi connectivity index (χ0) is 33.5. The minimum Gasteiger partial charge on any atom is -0.457 e. The van der Waals surface area contributed by atoms with Gasteiger partial charge in [-0.15, -0.1) is 0 Å². The topological polar surface area (TPSA) is 114 Å². The average Bonchev–Trinajstić information content (AvgIpc) is 3.05. The van der Waals surface area contributed by atoms with E-state index >= 15 is 0 Å². The van der Waals surface area contributed by atoms with Crippen molar-refractivity contribution in [1.29, 1.82) is 0 Å². The molecule has 4 aromatic carbocycles. The van der Waals surface area contributed by atoms with E-state index in [1.165, 1.54) is 6.92 Å². The van der Waals surface area contributed by atoms with E-state index in [1.54, 1.807) is 72.8 Å². The number of anilines is 1. The van der Waals surface area contributed by atoms with Crippen LogP contribution in [-0.2, 0) is 5.54 Å². The number of Topliss-reactive ketones (excluding diaryl/α,β-unsaturated/α-hetero) is 1. The summed E-state index contributed by atoms with van der Waals surface area (Å²) in [5, 5.41) is 8.97. The minimum atomic E-state index is -0.642. The van der Waals surface area contributed by atoms with Crippen LogP contribution < -0.4 is 20.7 Å². The van der Waals surface area contributed by atoms with Crippen LogP contribution in [0.3, 0.4) is 0 Å². The van der Waals surface area contributed by atoms with Gasteiger partial charge in [-0.2, -0.15) is 0 Å². The number of carbonyl (C=O) groups is 4. The molecule has 1 atom stereocenters. The first-order valence-corrected chi connectivity index (χ1v) is 15.4. The van der Waals surface area contributed by atoms with Crippen molar-refractivity contribution < 1.29 is 23.9 Å². The number of ketones is 1. The van der Waals surface area contributed by atoms with Crippen LogP contribution in [0.25, 0.3) is 0 Å². The number of hydrogen-bond acceptors (Lipinski definition) is 5. The third kappa shape index (κ3) is 8.47. The van der Waals surface area contributed by atoms with Crippen LogP contribution in [0, 0.1) is 0 Å². The van der Waals surface area contributed by atoms with Crippen molar-refractivity contribution in [2.75, 3.05) is 5.32 Å². The molecule has 0 radical (unpaired) electrons. The van der Waals surface area contributed by atoms with Crippen molar-refractivity contribution >= 4 is 29.2 Å². The van der Waals surface area contributed by atoms with Crippen LogP contribution in [0.4, 0.5) is 5.69 Å². The Balaban J connectivity index is 1.37. The van der Waals surface area contributed by atoms with Crippen molar-refractivity contribution in [3.8, 4) is 11.5 Å². The Kier molecular flexibility index (Phi) is 10.4. The Bertz CT molecular complexity index is 1730. The summed E-state index contributed by atoms with van der Waals surface area (Å²) in [4.78, 5) is 50.4. The first-order chi connectivity index (χ1) is 21.8. The predicted octanol–water partition coefficient (Wildman–Crippen LogP) is 7.91. The van der Waals surface area contributed by atoms with Crippen LogP contribution in [-0.4, -0.2) is 29.0 Å². The fourth-order valence-electron chi connectivity index (χ4n) is 4.67. The lowest BCUT2D eigenvalue weighted by molar-refractivity contribution is 0.0896. The lowest BCUT2D eigenvalue weighted by Gasteiger charge is -2.30. The van der Waals surface area contributed by atoms with Gasteiger partial charge in [0.05, 0.1) is 5.54 Å². The Labute approximate surface area is 270 Å². The molecule has 46 heavy (non-hydrogen) atoms. The van der Waals surface area contributed by atoms with E-state index in [-0.39, 0.29) is 29.0 Å². The maximum atomic E-state index is 13.1. The molecule has 1 unspecified atom stereocenters. The molecule has 0 bridgehead atoms. The number of amides is 3. The molecule has 3 amide bonds. The molecule has 0 spiro atoms. The molecule has 8 heteroatoms. The number of rotatable bonds is 12.